The molecule has 0 radical (unpaired) electrons. The molecule has 1 aromatic rings. The molecule has 1 saturated heterocycles. The molecule has 2 nitrogen and oxygen atoms in total. The lowest BCUT2D eigenvalue weighted by molar-refractivity contribution is -0.146. The fourth-order valence-electron chi connectivity index (χ4n) is 2.45. The van der Waals surface area contributed by atoms with Gasteiger partial charge >= 0.3 is 5.97 Å². The van der Waals surface area contributed by atoms with Crippen LogP contribution in [-0.4, -0.2) is 11.6 Å². The van der Waals surface area contributed by atoms with Crippen LogP contribution in [-0.2, 0) is 9.53 Å². The van der Waals surface area contributed by atoms with Gasteiger partial charge in [-0.1, -0.05) is 18.2 Å². The Morgan fingerprint density at radius 3 is 2.56 bits per heavy atom. The molecule has 86 valence electrons. The molecule has 1 atom stereocenters. The number of cyclic esters (lactones) is 1. The molecule has 1 unspecified atom stereocenters. The zero-order valence-corrected chi connectivity index (χ0v) is 10.3. The third-order valence-electron chi connectivity index (χ3n) is 3.61. The summed E-state index contributed by atoms with van der Waals surface area (Å²) in [5.74, 6) is 0.0933. The Kier molecular flexibility index (Phi) is 2.53. The van der Waals surface area contributed by atoms with Crippen molar-refractivity contribution in [3.05, 3.63) is 34.9 Å². The summed E-state index contributed by atoms with van der Waals surface area (Å²) >= 11 is 0. The summed E-state index contributed by atoms with van der Waals surface area (Å²) in [6, 6.07) is 6.26. The van der Waals surface area contributed by atoms with Crippen LogP contribution in [0.5, 0.6) is 0 Å². The van der Waals surface area contributed by atoms with Gasteiger partial charge in [0.15, 0.2) is 0 Å². The average molecular weight is 218 g/mol. The first-order valence-electron chi connectivity index (χ1n) is 5.70. The normalized spacial score (nSPS) is 23.2. The maximum Gasteiger partial charge on any atom is 0.307 e. The highest BCUT2D eigenvalue weighted by molar-refractivity contribution is 5.74. The van der Waals surface area contributed by atoms with E-state index in [4.69, 9.17) is 4.74 Å². The fraction of sp³-hybridized carbons (Fsp3) is 0.500. The molecule has 2 rings (SSSR count). The van der Waals surface area contributed by atoms with E-state index in [1.807, 2.05) is 13.8 Å². The molecule has 0 aromatic heterocycles. The third-order valence-corrected chi connectivity index (χ3v) is 3.61. The molecule has 0 bridgehead atoms. The van der Waals surface area contributed by atoms with Gasteiger partial charge in [0.1, 0.15) is 5.60 Å². The van der Waals surface area contributed by atoms with Crippen molar-refractivity contribution in [2.75, 3.05) is 0 Å². The van der Waals surface area contributed by atoms with Crippen molar-refractivity contribution in [2.45, 2.75) is 45.6 Å². The van der Waals surface area contributed by atoms with Crippen LogP contribution in [0.1, 0.15) is 42.9 Å². The van der Waals surface area contributed by atoms with E-state index < -0.39 is 0 Å². The lowest BCUT2D eigenvalue weighted by atomic mass is 9.81. The Morgan fingerprint density at radius 1 is 1.31 bits per heavy atom. The molecule has 0 aliphatic carbocycles. The van der Waals surface area contributed by atoms with Crippen LogP contribution in [0, 0.1) is 13.8 Å². The molecular formula is C14H18O2. The van der Waals surface area contributed by atoms with Gasteiger partial charge in [0.25, 0.3) is 0 Å². The first kappa shape index (κ1) is 11.2. The molecule has 2 heteroatoms. The van der Waals surface area contributed by atoms with E-state index in [1.54, 1.807) is 0 Å². The molecular weight excluding hydrogens is 200 g/mol. The first-order chi connectivity index (χ1) is 7.42. The Bertz CT molecular complexity index is 432. The summed E-state index contributed by atoms with van der Waals surface area (Å²) < 4.78 is 5.37. The molecule has 1 fully saturated rings. The van der Waals surface area contributed by atoms with Crippen molar-refractivity contribution in [2.24, 2.45) is 0 Å². The highest BCUT2D eigenvalue weighted by Crippen LogP contribution is 2.41. The van der Waals surface area contributed by atoms with Gasteiger partial charge in [0.2, 0.25) is 0 Å². The van der Waals surface area contributed by atoms with E-state index in [0.717, 1.165) is 0 Å². The van der Waals surface area contributed by atoms with Crippen molar-refractivity contribution in [1.29, 1.82) is 0 Å². The van der Waals surface area contributed by atoms with Crippen LogP contribution >= 0.6 is 0 Å². The average Bonchev–Trinajstić information content (AvgIpc) is 2.44. The number of rotatable bonds is 1. The second-order valence-corrected chi connectivity index (χ2v) is 5.12. The van der Waals surface area contributed by atoms with Gasteiger partial charge in [0.05, 0.1) is 6.42 Å². The van der Waals surface area contributed by atoms with Crippen molar-refractivity contribution in [3.63, 3.8) is 0 Å². The molecule has 0 spiro atoms. The van der Waals surface area contributed by atoms with Gasteiger partial charge < -0.3 is 4.74 Å². The summed E-state index contributed by atoms with van der Waals surface area (Å²) in [7, 11) is 0. The van der Waals surface area contributed by atoms with Gasteiger partial charge in [-0.3, -0.25) is 4.79 Å². The Balaban J connectivity index is 2.45. The van der Waals surface area contributed by atoms with Gasteiger partial charge in [0, 0.05) is 5.92 Å². The molecule has 1 aliphatic rings. The highest BCUT2D eigenvalue weighted by Gasteiger charge is 2.43. The topological polar surface area (TPSA) is 26.3 Å². The van der Waals surface area contributed by atoms with Crippen LogP contribution in [0.2, 0.25) is 0 Å². The molecule has 16 heavy (non-hydrogen) atoms. The van der Waals surface area contributed by atoms with Crippen LogP contribution in [0.4, 0.5) is 0 Å². The fourth-order valence-corrected chi connectivity index (χ4v) is 2.45. The van der Waals surface area contributed by atoms with Crippen molar-refractivity contribution >= 4 is 5.97 Å². The third kappa shape index (κ3) is 1.73. The van der Waals surface area contributed by atoms with E-state index in [1.165, 1.54) is 16.7 Å². The second-order valence-electron chi connectivity index (χ2n) is 5.12. The quantitative estimate of drug-likeness (QED) is 0.677. The maximum absolute atomic E-state index is 11.4. The van der Waals surface area contributed by atoms with Gasteiger partial charge in [-0.25, -0.2) is 0 Å². The van der Waals surface area contributed by atoms with Gasteiger partial charge in [-0.15, -0.1) is 0 Å². The first-order valence-corrected chi connectivity index (χ1v) is 5.70. The second kappa shape index (κ2) is 3.62. The zero-order chi connectivity index (χ0) is 11.9. The van der Waals surface area contributed by atoms with E-state index in [9.17, 15) is 4.79 Å². The number of aryl methyl sites for hydroxylation is 1. The number of hydrogen-bond acceptors (Lipinski definition) is 2. The summed E-state index contributed by atoms with van der Waals surface area (Å²) in [6.45, 7) is 8.20. The number of carbonyl (C=O) groups excluding carboxylic acids is 1. The Morgan fingerprint density at radius 2 is 2.00 bits per heavy atom. The van der Waals surface area contributed by atoms with Crippen molar-refractivity contribution in [3.8, 4) is 0 Å². The molecule has 0 amide bonds. The number of carbonyl (C=O) groups is 1. The zero-order valence-electron chi connectivity index (χ0n) is 10.3. The standard InChI is InChI=1S/C14H18O2/c1-9-6-5-7-11(10(9)2)12-8-13(15)16-14(12,3)4/h5-7,12H,8H2,1-4H3. The minimum atomic E-state index is -0.379. The van der Waals surface area contributed by atoms with E-state index in [-0.39, 0.29) is 17.5 Å². The predicted molar refractivity (Wildman–Crippen MR) is 63.4 cm³/mol. The monoisotopic (exact) mass is 218 g/mol. The number of benzene rings is 1. The largest absolute Gasteiger partial charge is 0.459 e. The molecule has 1 aliphatic heterocycles. The summed E-state index contributed by atoms with van der Waals surface area (Å²) in [6.07, 6.45) is 0.497. The van der Waals surface area contributed by atoms with Crippen molar-refractivity contribution < 1.29 is 9.53 Å². The summed E-state index contributed by atoms with van der Waals surface area (Å²) in [5.41, 5.74) is 3.41. The SMILES string of the molecule is Cc1cccc(C2CC(=O)OC2(C)C)c1C. The molecule has 0 saturated carbocycles. The number of hydrogen-bond donors (Lipinski definition) is 0. The van der Waals surface area contributed by atoms with Crippen molar-refractivity contribution in [1.82, 2.24) is 0 Å². The van der Waals surface area contributed by atoms with E-state index >= 15 is 0 Å². The smallest absolute Gasteiger partial charge is 0.307 e. The predicted octanol–water partition coefficient (Wildman–Crippen LogP) is 3.11. The molecule has 1 heterocycles. The maximum atomic E-state index is 11.4. The van der Waals surface area contributed by atoms with Gasteiger partial charge in [-0.2, -0.15) is 0 Å². The highest BCUT2D eigenvalue weighted by atomic mass is 16.6. The van der Waals surface area contributed by atoms with Crippen LogP contribution in [0.25, 0.3) is 0 Å². The molecule has 0 N–H and O–H groups in total. The molecule has 1 aromatic carbocycles. The number of esters is 1. The van der Waals surface area contributed by atoms with Gasteiger partial charge in [-0.05, 0) is 44.4 Å². The lowest BCUT2D eigenvalue weighted by Crippen LogP contribution is -2.26. The number of ether oxygens (including phenoxy) is 1. The van der Waals surface area contributed by atoms with Crippen LogP contribution < -0.4 is 0 Å². The van der Waals surface area contributed by atoms with Crippen LogP contribution in [0.15, 0.2) is 18.2 Å². The summed E-state index contributed by atoms with van der Waals surface area (Å²) in [5, 5.41) is 0. The minimum Gasteiger partial charge on any atom is -0.459 e. The Hall–Kier alpha value is -1.31. The Labute approximate surface area is 96.6 Å². The van der Waals surface area contributed by atoms with Crippen LogP contribution in [0.3, 0.4) is 0 Å². The summed E-state index contributed by atoms with van der Waals surface area (Å²) in [4.78, 5) is 11.4. The van der Waals surface area contributed by atoms with E-state index in [0.29, 0.717) is 6.42 Å². The van der Waals surface area contributed by atoms with E-state index in [2.05, 4.69) is 32.0 Å². The minimum absolute atomic E-state index is 0.0871. The lowest BCUT2D eigenvalue weighted by Gasteiger charge is -2.26.